The molecule has 0 saturated heterocycles. The van der Waals surface area contributed by atoms with Crippen molar-refractivity contribution >= 4 is 5.82 Å². The number of nitrogens with zero attached hydrogens (tertiary/aromatic N) is 2. The Hall–Kier alpha value is -2.17. The molecule has 2 N–H and O–H groups in total. The molecule has 1 aromatic carbocycles. The van der Waals surface area contributed by atoms with Gasteiger partial charge in [-0.15, -0.1) is 0 Å². The van der Waals surface area contributed by atoms with Crippen molar-refractivity contribution in [1.82, 2.24) is 9.78 Å². The fourth-order valence-corrected chi connectivity index (χ4v) is 2.23. The zero-order chi connectivity index (χ0) is 13.4. The summed E-state index contributed by atoms with van der Waals surface area (Å²) >= 11 is 0. The third-order valence-corrected chi connectivity index (χ3v) is 3.36. The predicted molar refractivity (Wildman–Crippen MR) is 73.4 cm³/mol. The van der Waals surface area contributed by atoms with Crippen LogP contribution in [0.4, 0.5) is 5.82 Å². The first-order chi connectivity index (χ1) is 9.16. The minimum Gasteiger partial charge on any atom is -0.490 e. The van der Waals surface area contributed by atoms with Crippen LogP contribution in [0.2, 0.25) is 0 Å². The van der Waals surface area contributed by atoms with E-state index in [4.69, 9.17) is 15.2 Å². The van der Waals surface area contributed by atoms with Gasteiger partial charge in [0.15, 0.2) is 11.5 Å². The highest BCUT2D eigenvalue weighted by Crippen LogP contribution is 2.35. The summed E-state index contributed by atoms with van der Waals surface area (Å²) in [5.74, 6) is 2.25. The summed E-state index contributed by atoms with van der Waals surface area (Å²) in [4.78, 5) is 0. The van der Waals surface area contributed by atoms with Gasteiger partial charge in [0.2, 0.25) is 0 Å². The molecule has 3 rings (SSSR count). The lowest BCUT2D eigenvalue weighted by Crippen LogP contribution is -1.97. The molecule has 5 nitrogen and oxygen atoms in total. The fraction of sp³-hybridized carbons (Fsp3) is 0.357. The highest BCUT2D eigenvalue weighted by Gasteiger charge is 2.15. The van der Waals surface area contributed by atoms with E-state index in [1.54, 1.807) is 4.68 Å². The summed E-state index contributed by atoms with van der Waals surface area (Å²) < 4.78 is 13.0. The summed E-state index contributed by atoms with van der Waals surface area (Å²) in [6.45, 7) is 3.35. The molecule has 0 saturated carbocycles. The monoisotopic (exact) mass is 259 g/mol. The fourth-order valence-electron chi connectivity index (χ4n) is 2.23. The molecule has 1 aliphatic rings. The molecule has 2 aromatic rings. The first-order valence-corrected chi connectivity index (χ1v) is 6.36. The lowest BCUT2D eigenvalue weighted by molar-refractivity contribution is 0.297. The molecule has 0 aliphatic carbocycles. The van der Waals surface area contributed by atoms with E-state index >= 15 is 0 Å². The molecule has 1 aromatic heterocycles. The summed E-state index contributed by atoms with van der Waals surface area (Å²) in [6.07, 6.45) is 0.902. The normalized spacial score (nSPS) is 14.2. The van der Waals surface area contributed by atoms with Crippen LogP contribution in [-0.4, -0.2) is 23.0 Å². The van der Waals surface area contributed by atoms with E-state index in [9.17, 15) is 0 Å². The van der Waals surface area contributed by atoms with Gasteiger partial charge in [-0.2, -0.15) is 5.10 Å². The summed E-state index contributed by atoms with van der Waals surface area (Å²) in [7, 11) is 1.84. The quantitative estimate of drug-likeness (QED) is 0.852. The Kier molecular flexibility index (Phi) is 2.81. The maximum Gasteiger partial charge on any atom is 0.161 e. The van der Waals surface area contributed by atoms with Gasteiger partial charge in [-0.05, 0) is 25.1 Å². The van der Waals surface area contributed by atoms with E-state index in [0.717, 1.165) is 34.7 Å². The average molecular weight is 259 g/mol. The molecular formula is C14H17N3O2. The molecule has 0 radical (unpaired) electrons. The molecule has 1 aliphatic heterocycles. The van der Waals surface area contributed by atoms with Crippen molar-refractivity contribution in [2.24, 2.45) is 7.05 Å². The van der Waals surface area contributed by atoms with Gasteiger partial charge in [0.1, 0.15) is 5.82 Å². The molecule has 19 heavy (non-hydrogen) atoms. The van der Waals surface area contributed by atoms with Gasteiger partial charge in [0, 0.05) is 24.6 Å². The van der Waals surface area contributed by atoms with Crippen LogP contribution in [0.1, 0.15) is 12.0 Å². The second-order valence-electron chi connectivity index (χ2n) is 4.69. The van der Waals surface area contributed by atoms with Gasteiger partial charge in [-0.1, -0.05) is 0 Å². The molecule has 100 valence electrons. The minimum absolute atomic E-state index is 0.680. The van der Waals surface area contributed by atoms with Gasteiger partial charge >= 0.3 is 0 Å². The largest absolute Gasteiger partial charge is 0.490 e. The van der Waals surface area contributed by atoms with Crippen LogP contribution in [0.25, 0.3) is 11.3 Å². The average Bonchev–Trinajstić information content (AvgIpc) is 2.63. The molecule has 5 heteroatoms. The number of ether oxygens (including phenoxy) is 2. The van der Waals surface area contributed by atoms with Crippen molar-refractivity contribution < 1.29 is 9.47 Å². The smallest absolute Gasteiger partial charge is 0.161 e. The molecule has 0 amide bonds. The second kappa shape index (κ2) is 4.50. The number of hydrogen-bond acceptors (Lipinski definition) is 4. The number of aryl methyl sites for hydroxylation is 1. The first kappa shape index (κ1) is 11.9. The SMILES string of the molecule is Cc1c(-c2ccc3c(c2)OCCCO3)nn(C)c1N. The number of nitrogens with two attached hydrogens (primary N) is 1. The van der Waals surface area contributed by atoms with Gasteiger partial charge in [0.05, 0.1) is 18.9 Å². The summed E-state index contributed by atoms with van der Waals surface area (Å²) in [6, 6.07) is 5.89. The van der Waals surface area contributed by atoms with Crippen molar-refractivity contribution in [3.05, 3.63) is 23.8 Å². The van der Waals surface area contributed by atoms with Gasteiger partial charge < -0.3 is 15.2 Å². The molecule has 0 atom stereocenters. The van der Waals surface area contributed by atoms with Gasteiger partial charge in [0.25, 0.3) is 0 Å². The lowest BCUT2D eigenvalue weighted by Gasteiger charge is -2.08. The Balaban J connectivity index is 2.06. The predicted octanol–water partition coefficient (Wildman–Crippen LogP) is 2.14. The Bertz CT molecular complexity index is 619. The zero-order valence-corrected chi connectivity index (χ0v) is 11.1. The van der Waals surface area contributed by atoms with Crippen LogP contribution in [0, 0.1) is 6.92 Å². The number of rotatable bonds is 1. The summed E-state index contributed by atoms with van der Waals surface area (Å²) in [5.41, 5.74) is 8.81. The van der Waals surface area contributed by atoms with Crippen molar-refractivity contribution in [2.75, 3.05) is 18.9 Å². The van der Waals surface area contributed by atoms with Gasteiger partial charge in [-0.3, -0.25) is 4.68 Å². The Morgan fingerprint density at radius 1 is 1.21 bits per heavy atom. The van der Waals surface area contributed by atoms with Crippen LogP contribution in [-0.2, 0) is 7.05 Å². The zero-order valence-electron chi connectivity index (χ0n) is 11.1. The van der Waals surface area contributed by atoms with E-state index in [1.165, 1.54) is 0 Å². The third-order valence-electron chi connectivity index (χ3n) is 3.36. The van der Waals surface area contributed by atoms with Crippen molar-refractivity contribution in [2.45, 2.75) is 13.3 Å². The van der Waals surface area contributed by atoms with Crippen LogP contribution in [0.5, 0.6) is 11.5 Å². The maximum atomic E-state index is 5.95. The van der Waals surface area contributed by atoms with Crippen molar-refractivity contribution in [3.63, 3.8) is 0 Å². The Morgan fingerprint density at radius 2 is 1.95 bits per heavy atom. The molecule has 0 fully saturated rings. The van der Waals surface area contributed by atoms with E-state index in [2.05, 4.69) is 5.10 Å². The molecule has 0 bridgehead atoms. The van der Waals surface area contributed by atoms with Crippen LogP contribution >= 0.6 is 0 Å². The number of hydrogen-bond donors (Lipinski definition) is 1. The van der Waals surface area contributed by atoms with Crippen molar-refractivity contribution in [3.8, 4) is 22.8 Å². The topological polar surface area (TPSA) is 62.3 Å². The van der Waals surface area contributed by atoms with Crippen LogP contribution in [0.3, 0.4) is 0 Å². The van der Waals surface area contributed by atoms with E-state index < -0.39 is 0 Å². The highest BCUT2D eigenvalue weighted by atomic mass is 16.5. The molecule has 2 heterocycles. The van der Waals surface area contributed by atoms with E-state index in [1.807, 2.05) is 32.2 Å². The van der Waals surface area contributed by atoms with E-state index in [-0.39, 0.29) is 0 Å². The highest BCUT2D eigenvalue weighted by molar-refractivity contribution is 5.70. The van der Waals surface area contributed by atoms with Crippen molar-refractivity contribution in [1.29, 1.82) is 0 Å². The number of fused-ring (bicyclic) bond motifs is 1. The number of nitrogen functional groups attached to an aromatic ring is 1. The number of aromatic nitrogens is 2. The second-order valence-corrected chi connectivity index (χ2v) is 4.69. The third kappa shape index (κ3) is 2.01. The Labute approximate surface area is 111 Å². The minimum atomic E-state index is 0.680. The molecule has 0 spiro atoms. The van der Waals surface area contributed by atoms with E-state index in [0.29, 0.717) is 19.0 Å². The van der Waals surface area contributed by atoms with Gasteiger partial charge in [-0.25, -0.2) is 0 Å². The lowest BCUT2D eigenvalue weighted by atomic mass is 10.1. The first-order valence-electron chi connectivity index (χ1n) is 6.36. The van der Waals surface area contributed by atoms with Crippen LogP contribution < -0.4 is 15.2 Å². The number of benzene rings is 1. The molecular weight excluding hydrogens is 242 g/mol. The molecule has 0 unspecified atom stereocenters. The maximum absolute atomic E-state index is 5.95. The standard InChI is InChI=1S/C14H17N3O2/c1-9-13(16-17(2)14(9)15)10-4-5-11-12(8-10)19-7-3-6-18-11/h4-5,8H,3,6-7,15H2,1-2H3. The summed E-state index contributed by atoms with van der Waals surface area (Å²) in [5, 5.41) is 4.45. The van der Waals surface area contributed by atoms with Crippen LogP contribution in [0.15, 0.2) is 18.2 Å². The number of anilines is 1. The Morgan fingerprint density at radius 3 is 2.63 bits per heavy atom.